The second-order valence-corrected chi connectivity index (χ2v) is 5.92. The number of piperazine rings is 1. The number of carbonyl (C=O) groups excluding carboxylic acids is 1. The van der Waals surface area contributed by atoms with Gasteiger partial charge in [0.15, 0.2) is 0 Å². The summed E-state index contributed by atoms with van der Waals surface area (Å²) in [6, 6.07) is 7.86. The van der Waals surface area contributed by atoms with Gasteiger partial charge in [-0.25, -0.2) is 0 Å². The van der Waals surface area contributed by atoms with E-state index in [-0.39, 0.29) is 5.91 Å². The number of nitrogens with zero attached hydrogens (tertiary/aromatic N) is 2. The van der Waals surface area contributed by atoms with Crippen molar-refractivity contribution in [3.63, 3.8) is 0 Å². The Morgan fingerprint density at radius 3 is 2.95 bits per heavy atom. The smallest absolute Gasteiger partial charge is 0.224 e. The lowest BCUT2D eigenvalue weighted by molar-refractivity contribution is -0.116. The molecule has 0 aromatic heterocycles. The third-order valence-corrected chi connectivity index (χ3v) is 3.99. The first-order chi connectivity index (χ1) is 10.0. The van der Waals surface area contributed by atoms with Gasteiger partial charge in [0.2, 0.25) is 5.91 Å². The zero-order valence-electron chi connectivity index (χ0n) is 13.0. The molecule has 1 aromatic carbocycles. The first kappa shape index (κ1) is 15.8. The fourth-order valence-electron chi connectivity index (χ4n) is 2.79. The molecule has 0 spiro atoms. The summed E-state index contributed by atoms with van der Waals surface area (Å²) < 4.78 is 0. The van der Waals surface area contributed by atoms with E-state index in [1.54, 1.807) is 6.07 Å². The zero-order valence-corrected chi connectivity index (χ0v) is 13.0. The Labute approximate surface area is 127 Å². The Balaban J connectivity index is 1.70. The summed E-state index contributed by atoms with van der Waals surface area (Å²) >= 11 is 0. The molecule has 1 fully saturated rings. The molecular formula is C16H26N4O. The van der Waals surface area contributed by atoms with Crippen LogP contribution in [0.1, 0.15) is 19.8 Å². The number of hydrogen-bond acceptors (Lipinski definition) is 4. The largest absolute Gasteiger partial charge is 0.399 e. The van der Waals surface area contributed by atoms with Gasteiger partial charge in [-0.2, -0.15) is 0 Å². The van der Waals surface area contributed by atoms with Gasteiger partial charge >= 0.3 is 0 Å². The highest BCUT2D eigenvalue weighted by molar-refractivity contribution is 5.91. The first-order valence-corrected chi connectivity index (χ1v) is 7.62. The highest BCUT2D eigenvalue weighted by Crippen LogP contribution is 2.13. The second-order valence-electron chi connectivity index (χ2n) is 5.92. The SMILES string of the molecule is CC1CN(C)CCN1CCCC(=O)Nc1cccc(N)c1. The Morgan fingerprint density at radius 2 is 2.24 bits per heavy atom. The van der Waals surface area contributed by atoms with Crippen LogP contribution in [0.25, 0.3) is 0 Å². The van der Waals surface area contributed by atoms with Crippen LogP contribution in [0.2, 0.25) is 0 Å². The Morgan fingerprint density at radius 1 is 1.43 bits per heavy atom. The van der Waals surface area contributed by atoms with Gasteiger partial charge in [-0.15, -0.1) is 0 Å². The molecular weight excluding hydrogens is 264 g/mol. The van der Waals surface area contributed by atoms with Crippen molar-refractivity contribution in [2.45, 2.75) is 25.8 Å². The van der Waals surface area contributed by atoms with Crippen LogP contribution in [0.15, 0.2) is 24.3 Å². The molecule has 3 N–H and O–H groups in total. The van der Waals surface area contributed by atoms with Gasteiger partial charge in [0.25, 0.3) is 0 Å². The minimum absolute atomic E-state index is 0.0578. The lowest BCUT2D eigenvalue weighted by Gasteiger charge is -2.38. The van der Waals surface area contributed by atoms with Crippen LogP contribution in [-0.4, -0.2) is 55.0 Å². The molecule has 21 heavy (non-hydrogen) atoms. The van der Waals surface area contributed by atoms with E-state index in [1.807, 2.05) is 18.2 Å². The number of anilines is 2. The minimum atomic E-state index is 0.0578. The number of amides is 1. The van der Waals surface area contributed by atoms with Crippen LogP contribution in [0.4, 0.5) is 11.4 Å². The molecule has 1 atom stereocenters. The van der Waals surface area contributed by atoms with Gasteiger partial charge < -0.3 is 16.0 Å². The Bertz CT molecular complexity index is 477. The van der Waals surface area contributed by atoms with Gasteiger partial charge in [-0.3, -0.25) is 9.69 Å². The van der Waals surface area contributed by atoms with E-state index in [1.165, 1.54) is 0 Å². The maximum Gasteiger partial charge on any atom is 0.224 e. The van der Waals surface area contributed by atoms with E-state index in [4.69, 9.17) is 5.73 Å². The molecule has 2 rings (SSSR count). The summed E-state index contributed by atoms with van der Waals surface area (Å²) in [5.74, 6) is 0.0578. The maximum absolute atomic E-state index is 11.9. The number of likely N-dealkylation sites (N-methyl/N-ethyl adjacent to an activating group) is 1. The Kier molecular flexibility index (Phi) is 5.59. The van der Waals surface area contributed by atoms with E-state index in [9.17, 15) is 4.79 Å². The van der Waals surface area contributed by atoms with Crippen molar-refractivity contribution in [1.29, 1.82) is 0 Å². The summed E-state index contributed by atoms with van der Waals surface area (Å²) in [7, 11) is 2.16. The third kappa shape index (κ3) is 5.02. The summed E-state index contributed by atoms with van der Waals surface area (Å²) in [5, 5.41) is 2.89. The number of nitrogens with one attached hydrogen (secondary N) is 1. The van der Waals surface area contributed by atoms with Crippen LogP contribution in [-0.2, 0) is 4.79 Å². The third-order valence-electron chi connectivity index (χ3n) is 3.99. The molecule has 116 valence electrons. The summed E-state index contributed by atoms with van der Waals surface area (Å²) in [4.78, 5) is 16.7. The fourth-order valence-corrected chi connectivity index (χ4v) is 2.79. The van der Waals surface area contributed by atoms with Crippen molar-refractivity contribution in [2.75, 3.05) is 44.3 Å². The molecule has 0 saturated carbocycles. The number of hydrogen-bond donors (Lipinski definition) is 2. The molecule has 0 bridgehead atoms. The van der Waals surface area contributed by atoms with Gasteiger partial charge in [-0.05, 0) is 45.1 Å². The van der Waals surface area contributed by atoms with Crippen LogP contribution < -0.4 is 11.1 Å². The normalized spacial score (nSPS) is 20.4. The number of nitrogen functional groups attached to an aromatic ring is 1. The summed E-state index contributed by atoms with van der Waals surface area (Å²) in [6.07, 6.45) is 1.44. The topological polar surface area (TPSA) is 61.6 Å². The van der Waals surface area contributed by atoms with Crippen LogP contribution in [0.5, 0.6) is 0 Å². The number of nitrogens with two attached hydrogens (primary N) is 1. The van der Waals surface area contributed by atoms with Gasteiger partial charge in [0, 0.05) is 43.5 Å². The summed E-state index contributed by atoms with van der Waals surface area (Å²) in [6.45, 7) is 6.55. The minimum Gasteiger partial charge on any atom is -0.399 e. The van der Waals surface area contributed by atoms with Crippen LogP contribution in [0.3, 0.4) is 0 Å². The molecule has 1 aromatic rings. The van der Waals surface area contributed by atoms with Crippen molar-refractivity contribution >= 4 is 17.3 Å². The molecule has 0 aliphatic carbocycles. The molecule has 0 radical (unpaired) electrons. The molecule has 1 saturated heterocycles. The van der Waals surface area contributed by atoms with Crippen molar-refractivity contribution in [2.24, 2.45) is 0 Å². The summed E-state index contributed by atoms with van der Waals surface area (Å²) in [5.41, 5.74) is 7.13. The van der Waals surface area contributed by atoms with E-state index in [0.717, 1.165) is 38.3 Å². The molecule has 1 unspecified atom stereocenters. The van der Waals surface area contributed by atoms with Crippen molar-refractivity contribution < 1.29 is 4.79 Å². The first-order valence-electron chi connectivity index (χ1n) is 7.62. The fraction of sp³-hybridized carbons (Fsp3) is 0.562. The van der Waals surface area contributed by atoms with E-state index < -0.39 is 0 Å². The van der Waals surface area contributed by atoms with Gasteiger partial charge in [-0.1, -0.05) is 6.07 Å². The molecule has 5 heteroatoms. The zero-order chi connectivity index (χ0) is 15.2. The molecule has 1 heterocycles. The monoisotopic (exact) mass is 290 g/mol. The standard InChI is InChI=1S/C16H26N4O/c1-13-12-19(2)9-10-20(13)8-4-7-16(21)18-15-6-3-5-14(17)11-15/h3,5-6,11,13H,4,7-10,12,17H2,1-2H3,(H,18,21). The Hall–Kier alpha value is -1.59. The number of rotatable bonds is 5. The van der Waals surface area contributed by atoms with E-state index in [0.29, 0.717) is 18.2 Å². The predicted octanol–water partition coefficient (Wildman–Crippen LogP) is 1.62. The van der Waals surface area contributed by atoms with Gasteiger partial charge in [0.05, 0.1) is 0 Å². The highest BCUT2D eigenvalue weighted by Gasteiger charge is 2.20. The predicted molar refractivity (Wildman–Crippen MR) is 87.3 cm³/mol. The van der Waals surface area contributed by atoms with Crippen molar-refractivity contribution in [1.82, 2.24) is 9.80 Å². The highest BCUT2D eigenvalue weighted by atomic mass is 16.1. The number of carbonyl (C=O) groups is 1. The van der Waals surface area contributed by atoms with Gasteiger partial charge in [0.1, 0.15) is 0 Å². The molecule has 5 nitrogen and oxygen atoms in total. The number of benzene rings is 1. The average molecular weight is 290 g/mol. The molecule has 1 aliphatic heterocycles. The van der Waals surface area contributed by atoms with E-state index in [2.05, 4.69) is 29.1 Å². The van der Waals surface area contributed by atoms with E-state index >= 15 is 0 Å². The van der Waals surface area contributed by atoms with Crippen LogP contribution in [0, 0.1) is 0 Å². The molecule has 1 aliphatic rings. The lowest BCUT2D eigenvalue weighted by Crippen LogP contribution is -2.50. The van der Waals surface area contributed by atoms with Crippen molar-refractivity contribution in [3.8, 4) is 0 Å². The van der Waals surface area contributed by atoms with Crippen LogP contribution >= 0.6 is 0 Å². The second kappa shape index (κ2) is 7.43. The van der Waals surface area contributed by atoms with Crippen molar-refractivity contribution in [3.05, 3.63) is 24.3 Å². The molecule has 1 amide bonds. The quantitative estimate of drug-likeness (QED) is 0.809. The lowest BCUT2D eigenvalue weighted by atomic mass is 10.1. The average Bonchev–Trinajstić information content (AvgIpc) is 2.41. The maximum atomic E-state index is 11.9.